The molecule has 0 radical (unpaired) electrons. The van der Waals surface area contributed by atoms with E-state index in [0.717, 1.165) is 14.7 Å². The molecule has 3 amide bonds. The summed E-state index contributed by atoms with van der Waals surface area (Å²) < 4.78 is 5.40. The number of hydrogen-bond acceptors (Lipinski definition) is 8. The fourth-order valence-corrected chi connectivity index (χ4v) is 3.30. The highest BCUT2D eigenvalue weighted by molar-refractivity contribution is 6.00. The van der Waals surface area contributed by atoms with Crippen molar-refractivity contribution in [1.82, 2.24) is 14.7 Å². The first-order valence-corrected chi connectivity index (χ1v) is 10.4. The summed E-state index contributed by atoms with van der Waals surface area (Å²) in [5, 5.41) is 48.8. The van der Waals surface area contributed by atoms with E-state index < -0.39 is 66.7 Å². The monoisotopic (exact) mass is 476 g/mol. The van der Waals surface area contributed by atoms with E-state index in [1.54, 1.807) is 41.5 Å². The van der Waals surface area contributed by atoms with Gasteiger partial charge in [-0.3, -0.25) is 4.79 Å². The number of amides is 3. The van der Waals surface area contributed by atoms with Crippen LogP contribution in [0.1, 0.15) is 41.5 Å². The van der Waals surface area contributed by atoms with Crippen LogP contribution >= 0.6 is 0 Å². The molecule has 0 aliphatic carbocycles. The third-order valence-electron chi connectivity index (χ3n) is 4.79. The fraction of sp³-hybridized carbons (Fsp3) is 0.800. The van der Waals surface area contributed by atoms with Crippen LogP contribution in [-0.2, 0) is 9.53 Å². The van der Waals surface area contributed by atoms with Crippen molar-refractivity contribution in [2.45, 2.75) is 77.0 Å². The number of aliphatic imine (C=N–C) groups is 1. The molecule has 1 saturated heterocycles. The van der Waals surface area contributed by atoms with Crippen LogP contribution in [0.4, 0.5) is 9.59 Å². The van der Waals surface area contributed by atoms with Crippen molar-refractivity contribution < 1.29 is 44.7 Å². The topological polar surface area (TPSA) is 184 Å². The van der Waals surface area contributed by atoms with Gasteiger partial charge in [-0.25, -0.2) is 14.5 Å². The molecule has 0 aromatic rings. The van der Waals surface area contributed by atoms with Gasteiger partial charge in [0.15, 0.2) is 0 Å². The van der Waals surface area contributed by atoms with Gasteiger partial charge < -0.3 is 40.1 Å². The normalized spacial score (nSPS) is 24.3. The number of guanidine groups is 1. The summed E-state index contributed by atoms with van der Waals surface area (Å²) in [6, 6.07) is -1.19. The lowest BCUT2D eigenvalue weighted by Gasteiger charge is -2.44. The molecule has 1 heterocycles. The number of nitrogens with zero attached hydrogens (tertiary/aromatic N) is 4. The van der Waals surface area contributed by atoms with E-state index in [9.17, 15) is 39.9 Å². The lowest BCUT2D eigenvalue weighted by molar-refractivity contribution is -0.166. The van der Waals surface area contributed by atoms with Crippen LogP contribution in [0.25, 0.3) is 0 Å². The first-order valence-electron chi connectivity index (χ1n) is 10.4. The second kappa shape index (κ2) is 10.6. The number of aliphatic hydroxyl groups is 4. The maximum absolute atomic E-state index is 13.0. The number of β-amino-alcohol motifs (C(OH)–C–C–N with tert-alkyl or cyclic N) is 1. The Labute approximate surface area is 192 Å². The molecule has 13 nitrogen and oxygen atoms in total. The summed E-state index contributed by atoms with van der Waals surface area (Å²) in [5.74, 6) is -1.09. The van der Waals surface area contributed by atoms with Crippen molar-refractivity contribution in [1.29, 1.82) is 0 Å². The first-order chi connectivity index (χ1) is 14.9. The van der Waals surface area contributed by atoms with Gasteiger partial charge in [0.25, 0.3) is 0 Å². The van der Waals surface area contributed by atoms with E-state index in [1.807, 2.05) is 0 Å². The molecule has 0 unspecified atom stereocenters. The van der Waals surface area contributed by atoms with Crippen molar-refractivity contribution in [2.24, 2.45) is 4.99 Å². The number of rotatable bonds is 3. The summed E-state index contributed by atoms with van der Waals surface area (Å²) in [4.78, 5) is 43.9. The molecule has 1 rings (SSSR count). The Morgan fingerprint density at radius 2 is 1.61 bits per heavy atom. The van der Waals surface area contributed by atoms with Crippen molar-refractivity contribution in [3.8, 4) is 0 Å². The molecule has 0 saturated carbocycles. The predicted molar refractivity (Wildman–Crippen MR) is 117 cm³/mol. The van der Waals surface area contributed by atoms with Gasteiger partial charge in [0.2, 0.25) is 11.9 Å². The van der Waals surface area contributed by atoms with Gasteiger partial charge in [-0.15, -0.1) is 4.99 Å². The van der Waals surface area contributed by atoms with E-state index in [-0.39, 0.29) is 12.5 Å². The Balaban J connectivity index is 3.28. The largest absolute Gasteiger partial charge is 0.463 e. The van der Waals surface area contributed by atoms with Gasteiger partial charge in [-0.1, -0.05) is 0 Å². The number of aliphatic hydroxyl groups excluding tert-OH is 4. The van der Waals surface area contributed by atoms with E-state index in [0.29, 0.717) is 0 Å². The zero-order valence-corrected chi connectivity index (χ0v) is 20.1. The lowest BCUT2D eigenvalue weighted by atomic mass is 9.94. The van der Waals surface area contributed by atoms with E-state index in [2.05, 4.69) is 4.99 Å². The molecule has 0 aromatic heterocycles. The van der Waals surface area contributed by atoms with Gasteiger partial charge >= 0.3 is 12.2 Å². The summed E-state index contributed by atoms with van der Waals surface area (Å²) in [6.07, 6.45) is -7.07. The number of carbonyl (C=O) groups is 3. The van der Waals surface area contributed by atoms with Crippen molar-refractivity contribution in [2.75, 3.05) is 26.7 Å². The smallest absolute Gasteiger partial charge is 0.434 e. The highest BCUT2D eigenvalue weighted by Gasteiger charge is 2.44. The maximum Gasteiger partial charge on any atom is 0.434 e. The molecule has 0 spiro atoms. The molecule has 4 atom stereocenters. The van der Waals surface area contributed by atoms with Crippen LogP contribution in [0.2, 0.25) is 0 Å². The third kappa shape index (κ3) is 7.52. The van der Waals surface area contributed by atoms with Crippen LogP contribution in [0.5, 0.6) is 0 Å². The minimum absolute atomic E-state index is 0.364. The quantitative estimate of drug-likeness (QED) is 0.257. The second-order valence-electron chi connectivity index (χ2n) is 9.88. The Bertz CT molecular complexity index is 760. The van der Waals surface area contributed by atoms with E-state index in [4.69, 9.17) is 4.74 Å². The molecule has 5 N–H and O–H groups in total. The molecule has 1 aliphatic rings. The Kier molecular flexibility index (Phi) is 9.20. The van der Waals surface area contributed by atoms with Crippen LogP contribution in [0.3, 0.4) is 0 Å². The highest BCUT2D eigenvalue weighted by Crippen LogP contribution is 2.22. The molecule has 0 aromatic carbocycles. The highest BCUT2D eigenvalue weighted by atomic mass is 16.6. The van der Waals surface area contributed by atoms with Crippen molar-refractivity contribution >= 4 is 24.1 Å². The molecular weight excluding hydrogens is 440 g/mol. The number of piperidine rings is 1. The third-order valence-corrected chi connectivity index (χ3v) is 4.79. The van der Waals surface area contributed by atoms with Crippen LogP contribution in [0, 0.1) is 0 Å². The van der Waals surface area contributed by atoms with Crippen molar-refractivity contribution in [3.05, 3.63) is 0 Å². The zero-order chi connectivity index (χ0) is 25.9. The van der Waals surface area contributed by atoms with Gasteiger partial charge in [-0.05, 0) is 41.5 Å². The molecule has 1 aliphatic heterocycles. The Morgan fingerprint density at radius 1 is 1.06 bits per heavy atom. The number of likely N-dealkylation sites (N-methyl/N-ethyl adjacent to an activating group) is 1. The SMILES string of the molecule is CN(CC(=O)N1C[C@@H](O)[C@@H](O)[C@H](O)[C@H]1CO)C(=NC(=O)O)N(C(=O)OC(C)(C)C)C(C)(C)C. The molecule has 0 bridgehead atoms. The molecular formula is C20H36N4O9. The molecule has 190 valence electrons. The van der Waals surface area contributed by atoms with Gasteiger partial charge in [-0.2, -0.15) is 0 Å². The molecule has 13 heteroatoms. The Hall–Kier alpha value is -2.48. The number of carbonyl (C=O) groups excluding carboxylic acids is 2. The minimum atomic E-state index is -1.61. The molecule has 1 fully saturated rings. The van der Waals surface area contributed by atoms with Crippen molar-refractivity contribution in [3.63, 3.8) is 0 Å². The average Bonchev–Trinajstić information content (AvgIpc) is 2.62. The van der Waals surface area contributed by atoms with E-state index >= 15 is 0 Å². The molecule has 33 heavy (non-hydrogen) atoms. The summed E-state index contributed by atoms with van der Waals surface area (Å²) >= 11 is 0. The van der Waals surface area contributed by atoms with E-state index in [1.165, 1.54) is 7.05 Å². The maximum atomic E-state index is 13.0. The summed E-state index contributed by atoms with van der Waals surface area (Å²) in [6.45, 7) is 8.25. The summed E-state index contributed by atoms with van der Waals surface area (Å²) in [5.41, 5.74) is -1.89. The van der Waals surface area contributed by atoms with Crippen LogP contribution in [0.15, 0.2) is 4.99 Å². The number of hydrogen-bond donors (Lipinski definition) is 5. The predicted octanol–water partition coefficient (Wildman–Crippen LogP) is -0.726. The minimum Gasteiger partial charge on any atom is -0.463 e. The fourth-order valence-electron chi connectivity index (χ4n) is 3.30. The number of carboxylic acid groups (broad SMARTS) is 1. The van der Waals surface area contributed by atoms with Crippen LogP contribution in [-0.4, -0.2) is 127 Å². The van der Waals surface area contributed by atoms with Gasteiger partial charge in [0.05, 0.1) is 19.2 Å². The van der Waals surface area contributed by atoms with Crippen LogP contribution < -0.4 is 0 Å². The lowest BCUT2D eigenvalue weighted by Crippen LogP contribution is -2.65. The van der Waals surface area contributed by atoms with Gasteiger partial charge in [0, 0.05) is 19.1 Å². The standard InChI is InChI=1S/C20H36N4O9/c1-19(2,3)24(18(32)33-20(4,5)6)16(21-17(30)31)22(7)9-13(27)23-8-12(26)15(29)14(28)11(23)10-25/h11-12,14-15,25-26,28-29H,8-10H2,1-7H3,(H,30,31)/t11-,12-,14-,15-/m1/s1. The summed E-state index contributed by atoms with van der Waals surface area (Å²) in [7, 11) is 1.34. The Morgan fingerprint density at radius 3 is 2.03 bits per heavy atom. The number of likely N-dealkylation sites (tertiary alicyclic amines) is 1. The van der Waals surface area contributed by atoms with Gasteiger partial charge in [0.1, 0.15) is 23.9 Å². The zero-order valence-electron chi connectivity index (χ0n) is 20.1. The average molecular weight is 477 g/mol. The first kappa shape index (κ1) is 28.6. The second-order valence-corrected chi connectivity index (χ2v) is 9.88. The number of ether oxygens (including phenoxy) is 1.